The summed E-state index contributed by atoms with van der Waals surface area (Å²) < 4.78 is 13.2. The first-order valence-corrected chi connectivity index (χ1v) is 10.2. The number of allylic oxidation sites excluding steroid dienone is 2. The van der Waals surface area contributed by atoms with Gasteiger partial charge in [-0.1, -0.05) is 28.5 Å². The van der Waals surface area contributed by atoms with Crippen LogP contribution in [0.4, 0.5) is 0 Å². The Kier molecular flexibility index (Phi) is 7.62. The number of methoxy groups -OCH3 is 1. The van der Waals surface area contributed by atoms with E-state index in [2.05, 4.69) is 21.4 Å². The lowest BCUT2D eigenvalue weighted by molar-refractivity contribution is -0.131. The first-order chi connectivity index (χ1) is 15.4. The number of aliphatic carboxylic acids is 1. The lowest BCUT2D eigenvalue weighted by Gasteiger charge is -2.16. The third-order valence-electron chi connectivity index (χ3n) is 4.48. The van der Waals surface area contributed by atoms with Crippen LogP contribution in [0.1, 0.15) is 30.7 Å². The van der Waals surface area contributed by atoms with E-state index in [9.17, 15) is 4.79 Å². The fraction of sp³-hybridized carbons (Fsp3) is 0.217. The van der Waals surface area contributed by atoms with E-state index in [1.807, 2.05) is 13.8 Å². The van der Waals surface area contributed by atoms with Crippen molar-refractivity contribution < 1.29 is 19.4 Å². The van der Waals surface area contributed by atoms with Gasteiger partial charge in [-0.15, -0.1) is 5.10 Å². The Labute approximate surface area is 190 Å². The number of nitrogens with zero attached hydrogens (tertiary/aromatic N) is 4. The Hall–Kier alpha value is -3.65. The average molecular weight is 455 g/mol. The number of carboxylic acid groups (broad SMARTS) is 1. The van der Waals surface area contributed by atoms with Crippen LogP contribution in [0.25, 0.3) is 11.8 Å². The smallest absolute Gasteiger partial charge is 0.328 e. The second-order valence-electron chi connectivity index (χ2n) is 7.08. The number of benzene rings is 1. The highest BCUT2D eigenvalue weighted by atomic mass is 35.5. The van der Waals surface area contributed by atoms with Crippen LogP contribution < -0.4 is 9.47 Å². The van der Waals surface area contributed by atoms with E-state index in [4.69, 9.17) is 26.2 Å². The molecule has 166 valence electrons. The van der Waals surface area contributed by atoms with Gasteiger partial charge in [-0.05, 0) is 50.6 Å². The van der Waals surface area contributed by atoms with Crippen molar-refractivity contribution in [1.82, 2.24) is 20.0 Å². The molecule has 9 heteroatoms. The van der Waals surface area contributed by atoms with Crippen molar-refractivity contribution >= 4 is 23.6 Å². The van der Waals surface area contributed by atoms with Crippen LogP contribution in [-0.4, -0.2) is 38.2 Å². The van der Waals surface area contributed by atoms with Crippen molar-refractivity contribution in [1.29, 1.82) is 0 Å². The maximum Gasteiger partial charge on any atom is 0.328 e. The Morgan fingerprint density at radius 2 is 2.09 bits per heavy atom. The van der Waals surface area contributed by atoms with Gasteiger partial charge in [0.05, 0.1) is 13.3 Å². The molecule has 3 rings (SSSR count). The van der Waals surface area contributed by atoms with Crippen molar-refractivity contribution in [3.05, 3.63) is 76.4 Å². The number of rotatable bonds is 9. The van der Waals surface area contributed by atoms with Gasteiger partial charge in [0.15, 0.2) is 5.15 Å². The molecule has 8 nitrogen and oxygen atoms in total. The van der Waals surface area contributed by atoms with Crippen molar-refractivity contribution in [2.24, 2.45) is 0 Å². The highest BCUT2D eigenvalue weighted by molar-refractivity contribution is 6.31. The Morgan fingerprint density at radius 1 is 1.28 bits per heavy atom. The van der Waals surface area contributed by atoms with Crippen molar-refractivity contribution in [2.75, 3.05) is 7.11 Å². The summed E-state index contributed by atoms with van der Waals surface area (Å²) in [6.45, 7) is 4.12. The second-order valence-corrected chi connectivity index (χ2v) is 7.44. The lowest BCUT2D eigenvalue weighted by atomic mass is 10.0. The molecule has 0 saturated carbocycles. The van der Waals surface area contributed by atoms with Gasteiger partial charge in [0.1, 0.15) is 29.5 Å². The Morgan fingerprint density at radius 3 is 2.78 bits per heavy atom. The third kappa shape index (κ3) is 5.73. The summed E-state index contributed by atoms with van der Waals surface area (Å²) in [5.41, 5.74) is 3.73. The molecule has 1 aromatic carbocycles. The summed E-state index contributed by atoms with van der Waals surface area (Å²) in [4.78, 5) is 15.1. The van der Waals surface area contributed by atoms with Crippen molar-refractivity contribution in [2.45, 2.75) is 26.9 Å². The molecule has 3 aromatic rings. The normalized spacial score (nSPS) is 10.9. The number of aromatic nitrogens is 4. The van der Waals surface area contributed by atoms with Gasteiger partial charge in [-0.3, -0.25) is 0 Å². The molecule has 0 saturated heterocycles. The minimum Gasteiger partial charge on any atom is -0.496 e. The summed E-state index contributed by atoms with van der Waals surface area (Å²) in [7, 11) is 1.58. The molecule has 0 aliphatic carbocycles. The van der Waals surface area contributed by atoms with Crippen LogP contribution in [0.3, 0.4) is 0 Å². The van der Waals surface area contributed by atoms with Crippen LogP contribution in [0.2, 0.25) is 5.15 Å². The number of hydrogen-bond acceptors (Lipinski definition) is 6. The van der Waals surface area contributed by atoms with E-state index in [1.54, 1.807) is 43.8 Å². The molecule has 0 fully saturated rings. The third-order valence-corrected chi connectivity index (χ3v) is 4.77. The maximum absolute atomic E-state index is 11.1. The monoisotopic (exact) mass is 454 g/mol. The summed E-state index contributed by atoms with van der Waals surface area (Å²) in [5, 5.41) is 17.6. The van der Waals surface area contributed by atoms with Crippen LogP contribution in [0.5, 0.6) is 11.5 Å². The predicted octanol–water partition coefficient (Wildman–Crippen LogP) is 4.51. The highest BCUT2D eigenvalue weighted by Crippen LogP contribution is 2.35. The molecule has 0 radical (unpaired) electrons. The number of pyridine rings is 1. The number of hydrogen-bond donors (Lipinski definition) is 1. The van der Waals surface area contributed by atoms with E-state index in [0.29, 0.717) is 40.0 Å². The zero-order chi connectivity index (χ0) is 23.1. The van der Waals surface area contributed by atoms with E-state index in [0.717, 1.165) is 17.2 Å². The summed E-state index contributed by atoms with van der Waals surface area (Å²) in [5.74, 6) is 0.123. The number of carbonyl (C=O) groups is 1. The zero-order valence-electron chi connectivity index (χ0n) is 17.9. The predicted molar refractivity (Wildman–Crippen MR) is 121 cm³/mol. The van der Waals surface area contributed by atoms with Gasteiger partial charge in [0, 0.05) is 23.4 Å². The van der Waals surface area contributed by atoms with Gasteiger partial charge in [0.25, 0.3) is 0 Å². The molecule has 0 bridgehead atoms. The van der Waals surface area contributed by atoms with Crippen LogP contribution in [0, 0.1) is 0 Å². The Bertz CT molecular complexity index is 1170. The molecular weight excluding hydrogens is 432 g/mol. The molecule has 0 aliphatic rings. The van der Waals surface area contributed by atoms with Gasteiger partial charge in [-0.2, -0.15) is 0 Å². The molecule has 0 aliphatic heterocycles. The highest BCUT2D eigenvalue weighted by Gasteiger charge is 2.16. The van der Waals surface area contributed by atoms with Gasteiger partial charge in [-0.25, -0.2) is 14.5 Å². The summed E-state index contributed by atoms with van der Waals surface area (Å²) in [6, 6.07) is 7.09. The molecule has 1 N–H and O–H groups in total. The molecule has 0 atom stereocenters. The quantitative estimate of drug-likeness (QED) is 0.288. The molecule has 0 spiro atoms. The van der Waals surface area contributed by atoms with Gasteiger partial charge >= 0.3 is 5.97 Å². The number of carboxylic acids is 1. The van der Waals surface area contributed by atoms with Crippen molar-refractivity contribution in [3.8, 4) is 17.2 Å². The fourth-order valence-corrected chi connectivity index (χ4v) is 3.16. The molecule has 0 amide bonds. The molecular formula is C23H23ClN4O4. The molecule has 0 unspecified atom stereocenters. The lowest BCUT2D eigenvalue weighted by Crippen LogP contribution is -2.03. The first-order valence-electron chi connectivity index (χ1n) is 9.78. The topological polar surface area (TPSA) is 99.4 Å². The molecule has 32 heavy (non-hydrogen) atoms. The summed E-state index contributed by atoms with van der Waals surface area (Å²) in [6.07, 6.45) is 8.47. The second kappa shape index (κ2) is 10.6. The van der Waals surface area contributed by atoms with Crippen LogP contribution >= 0.6 is 11.6 Å². The van der Waals surface area contributed by atoms with Crippen LogP contribution in [-0.2, 0) is 17.8 Å². The van der Waals surface area contributed by atoms with E-state index in [1.165, 1.54) is 10.8 Å². The number of ether oxygens (including phenoxy) is 2. The first kappa shape index (κ1) is 23.0. The fourth-order valence-electron chi connectivity index (χ4n) is 2.96. The summed E-state index contributed by atoms with van der Waals surface area (Å²) >= 11 is 6.13. The van der Waals surface area contributed by atoms with E-state index < -0.39 is 5.97 Å². The number of halogens is 1. The minimum atomic E-state index is -1.05. The molecule has 2 aromatic heterocycles. The Balaban J connectivity index is 1.94. The minimum absolute atomic E-state index is 0.112. The average Bonchev–Trinajstić information content (AvgIpc) is 3.23. The SMILES string of the molecule is COc1ccc(/C=C\C(=O)O)c(OCc2cn(-c3cccnc3Cl)nn2)c1CC=C(C)C. The largest absolute Gasteiger partial charge is 0.496 e. The van der Waals surface area contributed by atoms with Crippen molar-refractivity contribution in [3.63, 3.8) is 0 Å². The van der Waals surface area contributed by atoms with E-state index >= 15 is 0 Å². The van der Waals surface area contributed by atoms with Gasteiger partial charge < -0.3 is 14.6 Å². The zero-order valence-corrected chi connectivity index (χ0v) is 18.7. The molecule has 2 heterocycles. The van der Waals surface area contributed by atoms with E-state index in [-0.39, 0.29) is 6.61 Å². The van der Waals surface area contributed by atoms with Gasteiger partial charge in [0.2, 0.25) is 0 Å². The maximum atomic E-state index is 11.1. The van der Waals surface area contributed by atoms with Crippen LogP contribution in [0.15, 0.2) is 54.4 Å². The standard InChI is InChI=1S/C23H23ClN4O4/c1-15(2)6-9-18-20(31-3)10-7-16(8-11-21(29)30)22(18)32-14-17-13-28(27-26-17)19-5-4-12-25-23(19)24/h4-8,10-13H,9,14H2,1-3H3,(H,29,30)/b11-8-.